The lowest BCUT2D eigenvalue weighted by atomic mass is 9.81. The molecule has 300 valence electrons. The van der Waals surface area contributed by atoms with Crippen LogP contribution in [-0.4, -0.2) is 72.1 Å². The minimum absolute atomic E-state index is 0.00275. The number of fused-ring (bicyclic) bond motifs is 2. The van der Waals surface area contributed by atoms with Gasteiger partial charge in [0.05, 0.1) is 37.7 Å². The number of likely N-dealkylation sites (N-methyl/N-ethyl adjacent to an activating group) is 1. The van der Waals surface area contributed by atoms with Gasteiger partial charge in [-0.3, -0.25) is 9.59 Å². The van der Waals surface area contributed by atoms with Crippen molar-refractivity contribution in [2.24, 2.45) is 5.92 Å². The number of carboxylic acid groups (broad SMARTS) is 1. The summed E-state index contributed by atoms with van der Waals surface area (Å²) >= 11 is 7.39. The number of carboxylic acids is 1. The van der Waals surface area contributed by atoms with Gasteiger partial charge in [-0.2, -0.15) is 4.58 Å². The van der Waals surface area contributed by atoms with Crippen LogP contribution in [0.25, 0.3) is 0 Å². The fourth-order valence-corrected chi connectivity index (χ4v) is 9.13. The Balaban J connectivity index is 1.23. The minimum Gasteiger partial charge on any atom is -0.481 e. The van der Waals surface area contributed by atoms with Gasteiger partial charge in [-0.1, -0.05) is 72.6 Å². The summed E-state index contributed by atoms with van der Waals surface area (Å²) in [7, 11) is 4.54. The summed E-state index contributed by atoms with van der Waals surface area (Å²) in [6.45, 7) is 12.5. The van der Waals surface area contributed by atoms with E-state index in [2.05, 4.69) is 124 Å². The average Bonchev–Trinajstić information content (AvgIpc) is 3.52. The number of hydrogen-bond acceptors (Lipinski definition) is 4. The van der Waals surface area contributed by atoms with Crippen LogP contribution in [0.3, 0.4) is 0 Å². The molecule has 7 nitrogen and oxygen atoms in total. The maximum absolute atomic E-state index is 12.4. The Hall–Kier alpha value is -4.68. The van der Waals surface area contributed by atoms with Crippen molar-refractivity contribution in [1.29, 1.82) is 0 Å². The first-order chi connectivity index (χ1) is 27.2. The molecule has 3 heterocycles. The average molecular weight is 790 g/mol. The van der Waals surface area contributed by atoms with Crippen LogP contribution in [0.15, 0.2) is 119 Å². The lowest BCUT2D eigenvalue weighted by molar-refractivity contribution is -0.889. The summed E-state index contributed by atoms with van der Waals surface area (Å²) in [6.07, 6.45) is 12.5. The molecule has 0 radical (unpaired) electrons. The van der Waals surface area contributed by atoms with Gasteiger partial charge in [-0.15, -0.1) is 5.73 Å². The summed E-state index contributed by atoms with van der Waals surface area (Å²) in [4.78, 5) is 25.9. The number of para-hydroxylation sites is 3. The van der Waals surface area contributed by atoms with Crippen molar-refractivity contribution in [2.45, 2.75) is 89.9 Å². The van der Waals surface area contributed by atoms with Crippen molar-refractivity contribution in [3.8, 4) is 5.75 Å². The van der Waals surface area contributed by atoms with Gasteiger partial charge in [0.2, 0.25) is 5.69 Å². The summed E-state index contributed by atoms with van der Waals surface area (Å²) in [5.74, 6) is -0.332. The van der Waals surface area contributed by atoms with Gasteiger partial charge in [-0.25, -0.2) is 0 Å². The quantitative estimate of drug-likeness (QED) is 0.0391. The third-order valence-electron chi connectivity index (χ3n) is 11.8. The predicted molar refractivity (Wildman–Crippen MR) is 232 cm³/mol. The van der Waals surface area contributed by atoms with Gasteiger partial charge in [0.25, 0.3) is 0 Å². The second-order valence-electron chi connectivity index (χ2n) is 17.5. The number of ether oxygens (including phenoxy) is 1. The zero-order valence-corrected chi connectivity index (χ0v) is 35.4. The van der Waals surface area contributed by atoms with Gasteiger partial charge in [0.15, 0.2) is 5.71 Å². The number of unbranched alkanes of at least 4 members (excludes halogenated alkanes) is 4. The van der Waals surface area contributed by atoms with Crippen molar-refractivity contribution in [3.63, 3.8) is 0 Å². The van der Waals surface area contributed by atoms with Crippen LogP contribution in [0.1, 0.15) is 90.2 Å². The first kappa shape index (κ1) is 41.9. The number of esters is 1. The first-order valence-corrected chi connectivity index (χ1v) is 21.0. The van der Waals surface area contributed by atoms with E-state index >= 15 is 0 Å². The van der Waals surface area contributed by atoms with Gasteiger partial charge >= 0.3 is 11.9 Å². The lowest BCUT2D eigenvalue weighted by Crippen LogP contribution is -2.47. The molecule has 0 saturated heterocycles. The fourth-order valence-electron chi connectivity index (χ4n) is 8.87. The summed E-state index contributed by atoms with van der Waals surface area (Å²) in [5.41, 5.74) is 11.9. The maximum atomic E-state index is 12.4. The van der Waals surface area contributed by atoms with E-state index in [1.807, 2.05) is 30.3 Å². The molecule has 0 amide bonds. The lowest BCUT2D eigenvalue weighted by Gasteiger charge is -2.37. The standard InChI is InChI=1S/C49H59ClN3O4/c1-48(2)39-22-14-16-24-41(39)51(32-18-8-12-26-45(54)55)43(48)30-28-36-34-53(5,6)35-37(47(36)50)29-31-44-49(3,4)40-23-15-17-25-42(40)52(44)33-19-9-13-27-46(56)57-38-20-10-7-11-21-38/h7,10-11,14-17,20-25,28-29,31,36H,8-9,12-13,18-19,26-27,32-35H2,1-6H3/q+1/p+1/b31-29+. The molecule has 1 atom stereocenters. The van der Waals surface area contributed by atoms with E-state index in [4.69, 9.17) is 21.4 Å². The van der Waals surface area contributed by atoms with Crippen molar-refractivity contribution < 1.29 is 28.5 Å². The molecule has 3 aromatic carbocycles. The smallest absolute Gasteiger partial charge is 0.311 e. The number of anilines is 1. The highest BCUT2D eigenvalue weighted by atomic mass is 35.5. The van der Waals surface area contributed by atoms with Gasteiger partial charge < -0.3 is 19.2 Å². The Morgan fingerprint density at radius 1 is 0.860 bits per heavy atom. The molecule has 3 aliphatic heterocycles. The van der Waals surface area contributed by atoms with Crippen LogP contribution < -0.4 is 9.64 Å². The molecule has 3 aliphatic rings. The van der Waals surface area contributed by atoms with E-state index in [9.17, 15) is 9.59 Å². The topological polar surface area (TPSA) is 69.8 Å². The van der Waals surface area contributed by atoms with Crippen LogP contribution in [0.4, 0.5) is 11.4 Å². The second kappa shape index (κ2) is 17.9. The van der Waals surface area contributed by atoms with Gasteiger partial charge in [0.1, 0.15) is 18.8 Å². The van der Waals surface area contributed by atoms with E-state index in [0.29, 0.717) is 18.6 Å². The number of aliphatic carboxylic acids is 1. The molecule has 3 aromatic rings. The number of nitrogens with zero attached hydrogens (tertiary/aromatic N) is 3. The molecule has 6 rings (SSSR count). The highest BCUT2D eigenvalue weighted by Gasteiger charge is 2.44. The van der Waals surface area contributed by atoms with Crippen molar-refractivity contribution in [2.75, 3.05) is 45.2 Å². The number of benzene rings is 3. The number of rotatable bonds is 16. The third kappa shape index (κ3) is 9.72. The normalized spacial score (nSPS) is 19.1. The van der Waals surface area contributed by atoms with Crippen molar-refractivity contribution in [1.82, 2.24) is 0 Å². The summed E-state index contributed by atoms with van der Waals surface area (Å²) in [5, 5.41) is 10.00. The Morgan fingerprint density at radius 3 is 2.28 bits per heavy atom. The number of quaternary nitrogens is 1. The zero-order chi connectivity index (χ0) is 40.8. The van der Waals surface area contributed by atoms with Crippen LogP contribution in [0.5, 0.6) is 5.75 Å². The third-order valence-corrected chi connectivity index (χ3v) is 12.3. The molecule has 1 N–H and O–H groups in total. The highest BCUT2D eigenvalue weighted by molar-refractivity contribution is 6.30. The van der Waals surface area contributed by atoms with Crippen LogP contribution in [0, 0.1) is 5.92 Å². The molecule has 0 saturated carbocycles. The Bertz CT molecular complexity index is 2120. The molecule has 0 spiro atoms. The molecule has 1 unspecified atom stereocenters. The summed E-state index contributed by atoms with van der Waals surface area (Å²) in [6, 6.07) is 26.6. The number of halogens is 1. The molecule has 8 heteroatoms. The Kier molecular flexibility index (Phi) is 13.1. The van der Waals surface area contributed by atoms with Crippen LogP contribution >= 0.6 is 11.6 Å². The van der Waals surface area contributed by atoms with E-state index in [1.54, 1.807) is 0 Å². The minimum atomic E-state index is -0.737. The number of carbonyl (C=O) groups excluding carboxylic acids is 1. The van der Waals surface area contributed by atoms with Gasteiger partial charge in [0, 0.05) is 65.2 Å². The Morgan fingerprint density at radius 2 is 1.53 bits per heavy atom. The molecule has 0 aliphatic carbocycles. The highest BCUT2D eigenvalue weighted by Crippen LogP contribution is 2.47. The number of carbonyl (C=O) groups is 2. The first-order valence-electron chi connectivity index (χ1n) is 20.6. The molecular formula is C49H60ClN3O4+2. The van der Waals surface area contributed by atoms with E-state index in [0.717, 1.165) is 79.1 Å². The largest absolute Gasteiger partial charge is 0.481 e. The van der Waals surface area contributed by atoms with Crippen LogP contribution in [-0.2, 0) is 20.4 Å². The molecule has 0 bridgehead atoms. The molecule has 0 aromatic heterocycles. The number of hydrogen-bond donors (Lipinski definition) is 1. The molecule has 57 heavy (non-hydrogen) atoms. The fraction of sp³-hybridized carbons (Fsp3) is 0.429. The summed E-state index contributed by atoms with van der Waals surface area (Å²) < 4.78 is 8.77. The SMILES string of the molecule is CC1(C)C(=C=CC2C[N+](C)(C)CC(/C=C/C3=[N+](CCCCCC(=O)Oc4ccccc4)c4ccccc4C3(C)C)=C2Cl)N(CCCCCC(=O)O)c2ccccc21. The second-order valence-corrected chi connectivity index (χ2v) is 17.9. The van der Waals surface area contributed by atoms with Gasteiger partial charge in [-0.05, 0) is 89.3 Å². The monoisotopic (exact) mass is 789 g/mol. The number of allylic oxidation sites excluding steroid dienone is 1. The maximum Gasteiger partial charge on any atom is 0.311 e. The molecule has 0 fully saturated rings. The predicted octanol–water partition coefficient (Wildman–Crippen LogP) is 10.5. The van der Waals surface area contributed by atoms with Crippen molar-refractivity contribution >= 4 is 40.6 Å². The van der Waals surface area contributed by atoms with Crippen molar-refractivity contribution in [3.05, 3.63) is 130 Å². The van der Waals surface area contributed by atoms with Crippen LogP contribution in [0.2, 0.25) is 0 Å². The Labute approximate surface area is 344 Å². The molecular weight excluding hydrogens is 730 g/mol. The van der Waals surface area contributed by atoms with E-state index < -0.39 is 5.97 Å². The van der Waals surface area contributed by atoms with E-state index in [-0.39, 0.29) is 29.1 Å². The zero-order valence-electron chi connectivity index (χ0n) is 34.7. The van der Waals surface area contributed by atoms with E-state index in [1.165, 1.54) is 28.2 Å².